The van der Waals surface area contributed by atoms with Crippen molar-refractivity contribution in [3.63, 3.8) is 0 Å². The van der Waals surface area contributed by atoms with Gasteiger partial charge in [-0.3, -0.25) is 4.79 Å². The van der Waals surface area contributed by atoms with Gasteiger partial charge in [0.2, 0.25) is 0 Å². The maximum atomic E-state index is 12.2. The molecule has 0 bridgehead atoms. The molecule has 0 atom stereocenters. The molecule has 1 amide bonds. The number of nitrogens with zero attached hydrogens (tertiary/aromatic N) is 1. The number of rotatable bonds is 3. The van der Waals surface area contributed by atoms with Crippen LogP contribution in [0.4, 0.5) is 0 Å². The van der Waals surface area contributed by atoms with E-state index in [4.69, 9.17) is 4.74 Å². The highest BCUT2D eigenvalue weighted by atomic mass is 16.5. The molecule has 3 heteroatoms. The van der Waals surface area contributed by atoms with Crippen LogP contribution >= 0.6 is 0 Å². The first-order valence-corrected chi connectivity index (χ1v) is 7.54. The largest absolute Gasteiger partial charge is 0.483 e. The zero-order chi connectivity index (χ0) is 15.5. The van der Waals surface area contributed by atoms with Gasteiger partial charge in [0.05, 0.1) is 0 Å². The van der Waals surface area contributed by atoms with Gasteiger partial charge >= 0.3 is 0 Å². The van der Waals surface area contributed by atoms with Crippen LogP contribution in [0.1, 0.15) is 39.2 Å². The van der Waals surface area contributed by atoms with Gasteiger partial charge in [0.25, 0.3) is 5.91 Å². The topological polar surface area (TPSA) is 29.5 Å². The number of carbonyl (C=O) groups excluding carboxylic acids is 1. The number of hydrogen-bond donors (Lipinski definition) is 0. The standard InChI is InChI=1S/C18H25NO2/c1-14-9-11-19(12-10-14)17(20)13-21-16-8-6-5-7-15(16)18(2,3)4/h5-8H,1,9-13H2,2-4H3. The van der Waals surface area contributed by atoms with Crippen molar-refractivity contribution in [2.75, 3.05) is 19.7 Å². The Bertz CT molecular complexity index is 518. The third-order valence-corrected chi connectivity index (χ3v) is 3.87. The fourth-order valence-electron chi connectivity index (χ4n) is 2.52. The Labute approximate surface area is 127 Å². The highest BCUT2D eigenvalue weighted by Crippen LogP contribution is 2.30. The molecule has 0 radical (unpaired) electrons. The summed E-state index contributed by atoms with van der Waals surface area (Å²) in [6.07, 6.45) is 1.81. The second-order valence-electron chi connectivity index (χ2n) is 6.67. The van der Waals surface area contributed by atoms with Crippen LogP contribution in [-0.4, -0.2) is 30.5 Å². The smallest absolute Gasteiger partial charge is 0.260 e. The summed E-state index contributed by atoms with van der Waals surface area (Å²) in [5.41, 5.74) is 2.37. The number of carbonyl (C=O) groups is 1. The number of ether oxygens (including phenoxy) is 1. The molecule has 0 spiro atoms. The van der Waals surface area contributed by atoms with Gasteiger partial charge in [0, 0.05) is 13.1 Å². The number of hydrogen-bond acceptors (Lipinski definition) is 2. The van der Waals surface area contributed by atoms with E-state index >= 15 is 0 Å². The van der Waals surface area contributed by atoms with Crippen LogP contribution in [0.3, 0.4) is 0 Å². The molecule has 1 aromatic carbocycles. The molecule has 114 valence electrons. The van der Waals surface area contributed by atoms with Crippen molar-refractivity contribution >= 4 is 5.91 Å². The second-order valence-corrected chi connectivity index (χ2v) is 6.67. The van der Waals surface area contributed by atoms with Gasteiger partial charge in [0.15, 0.2) is 6.61 Å². The summed E-state index contributed by atoms with van der Waals surface area (Å²) in [6, 6.07) is 7.95. The van der Waals surface area contributed by atoms with Crippen molar-refractivity contribution in [2.45, 2.75) is 39.0 Å². The minimum atomic E-state index is 0.00249. The van der Waals surface area contributed by atoms with E-state index in [9.17, 15) is 4.79 Å². The SMILES string of the molecule is C=C1CCN(C(=O)COc2ccccc2C(C)(C)C)CC1. The summed E-state index contributed by atoms with van der Waals surface area (Å²) in [6.45, 7) is 12.1. The Kier molecular flexibility index (Phi) is 4.71. The maximum Gasteiger partial charge on any atom is 0.260 e. The van der Waals surface area contributed by atoms with Gasteiger partial charge in [-0.15, -0.1) is 0 Å². The quantitative estimate of drug-likeness (QED) is 0.796. The van der Waals surface area contributed by atoms with E-state index in [0.29, 0.717) is 0 Å². The van der Waals surface area contributed by atoms with E-state index in [-0.39, 0.29) is 17.9 Å². The van der Waals surface area contributed by atoms with Gasteiger partial charge in [-0.1, -0.05) is 51.1 Å². The molecule has 21 heavy (non-hydrogen) atoms. The van der Waals surface area contributed by atoms with E-state index in [1.165, 1.54) is 5.57 Å². The van der Waals surface area contributed by atoms with Gasteiger partial charge < -0.3 is 9.64 Å². The van der Waals surface area contributed by atoms with E-state index in [2.05, 4.69) is 33.4 Å². The lowest BCUT2D eigenvalue weighted by molar-refractivity contribution is -0.133. The van der Waals surface area contributed by atoms with Gasteiger partial charge in [0.1, 0.15) is 5.75 Å². The van der Waals surface area contributed by atoms with Crippen molar-refractivity contribution in [3.05, 3.63) is 42.0 Å². The molecule has 0 aliphatic carbocycles. The number of para-hydroxylation sites is 1. The van der Waals surface area contributed by atoms with Gasteiger partial charge in [-0.05, 0) is 29.9 Å². The Morgan fingerprint density at radius 3 is 2.48 bits per heavy atom. The van der Waals surface area contributed by atoms with Crippen LogP contribution in [0, 0.1) is 0 Å². The predicted octanol–water partition coefficient (Wildman–Crippen LogP) is 3.54. The normalized spacial score (nSPS) is 16.0. The molecule has 1 aliphatic rings. The van der Waals surface area contributed by atoms with Crippen molar-refractivity contribution in [1.29, 1.82) is 0 Å². The zero-order valence-corrected chi connectivity index (χ0v) is 13.3. The summed E-state index contributed by atoms with van der Waals surface area (Å²) in [5, 5.41) is 0. The number of benzene rings is 1. The molecule has 0 saturated carbocycles. The molecule has 1 heterocycles. The van der Waals surface area contributed by atoms with Crippen LogP contribution in [0.15, 0.2) is 36.4 Å². The van der Waals surface area contributed by atoms with Crippen LogP contribution in [0.25, 0.3) is 0 Å². The van der Waals surface area contributed by atoms with E-state index in [1.807, 2.05) is 23.1 Å². The van der Waals surface area contributed by atoms with Crippen LogP contribution in [0.2, 0.25) is 0 Å². The third kappa shape index (κ3) is 4.10. The summed E-state index contributed by atoms with van der Waals surface area (Å²) in [4.78, 5) is 14.1. The first-order chi connectivity index (χ1) is 9.88. The lowest BCUT2D eigenvalue weighted by atomic mass is 9.86. The number of amides is 1. The molecular formula is C18H25NO2. The Morgan fingerprint density at radius 2 is 1.86 bits per heavy atom. The molecule has 1 aromatic rings. The first-order valence-electron chi connectivity index (χ1n) is 7.54. The Balaban J connectivity index is 1.97. The lowest BCUT2D eigenvalue weighted by Crippen LogP contribution is -2.39. The fraction of sp³-hybridized carbons (Fsp3) is 0.500. The van der Waals surface area contributed by atoms with Crippen LogP contribution in [0.5, 0.6) is 5.75 Å². The average Bonchev–Trinajstić information content (AvgIpc) is 2.45. The van der Waals surface area contributed by atoms with Gasteiger partial charge in [-0.2, -0.15) is 0 Å². The summed E-state index contributed by atoms with van der Waals surface area (Å²) in [7, 11) is 0. The van der Waals surface area contributed by atoms with Crippen LogP contribution in [-0.2, 0) is 10.2 Å². The molecule has 2 rings (SSSR count). The second kappa shape index (κ2) is 6.33. The molecule has 3 nitrogen and oxygen atoms in total. The van der Waals surface area contributed by atoms with Crippen molar-refractivity contribution < 1.29 is 9.53 Å². The predicted molar refractivity (Wildman–Crippen MR) is 85.6 cm³/mol. The Hall–Kier alpha value is -1.77. The fourth-order valence-corrected chi connectivity index (χ4v) is 2.52. The van der Waals surface area contributed by atoms with E-state index in [1.54, 1.807) is 0 Å². The zero-order valence-electron chi connectivity index (χ0n) is 13.3. The minimum Gasteiger partial charge on any atom is -0.483 e. The molecule has 1 saturated heterocycles. The minimum absolute atomic E-state index is 0.00249. The molecule has 0 aromatic heterocycles. The third-order valence-electron chi connectivity index (χ3n) is 3.87. The molecule has 1 aliphatic heterocycles. The molecule has 0 N–H and O–H groups in total. The number of likely N-dealkylation sites (tertiary alicyclic amines) is 1. The summed E-state index contributed by atoms with van der Waals surface area (Å²) < 4.78 is 5.79. The average molecular weight is 287 g/mol. The summed E-state index contributed by atoms with van der Waals surface area (Å²) in [5.74, 6) is 0.867. The van der Waals surface area contributed by atoms with Crippen LogP contribution < -0.4 is 4.74 Å². The molecule has 0 unspecified atom stereocenters. The van der Waals surface area contributed by atoms with Gasteiger partial charge in [-0.25, -0.2) is 0 Å². The van der Waals surface area contributed by atoms with E-state index < -0.39 is 0 Å². The number of piperidine rings is 1. The van der Waals surface area contributed by atoms with Crippen molar-refractivity contribution in [3.8, 4) is 5.75 Å². The monoisotopic (exact) mass is 287 g/mol. The maximum absolute atomic E-state index is 12.2. The highest BCUT2D eigenvalue weighted by Gasteiger charge is 2.21. The Morgan fingerprint density at radius 1 is 1.24 bits per heavy atom. The molecular weight excluding hydrogens is 262 g/mol. The summed E-state index contributed by atoms with van der Waals surface area (Å²) >= 11 is 0. The molecule has 1 fully saturated rings. The first kappa shape index (κ1) is 15.6. The lowest BCUT2D eigenvalue weighted by Gasteiger charge is -2.28. The van der Waals surface area contributed by atoms with Crippen molar-refractivity contribution in [2.24, 2.45) is 0 Å². The van der Waals surface area contributed by atoms with Crippen molar-refractivity contribution in [1.82, 2.24) is 4.90 Å². The highest BCUT2D eigenvalue weighted by molar-refractivity contribution is 5.78. The van der Waals surface area contributed by atoms with E-state index in [0.717, 1.165) is 37.2 Å².